The summed E-state index contributed by atoms with van der Waals surface area (Å²) >= 11 is 0. The molecule has 63 nitrogen and oxygen atoms in total. The molecule has 0 amide bonds. The SMILES string of the molecule is CO[C@@H]1[C@@H](O)[C@H](O[C@@H]2[C@@H](O)[C@H](O[C@H]3[C@H](O)[C@@H](O[C@@H]4OC[C@@H](O)[C@H](O)[C@H]4O)[C@H](O[C@H]4[C@H](O[C@H]5[C@H](O[C@@H]6[C@@H](O)[C@H](O[C@H]7[C@H](O)[C@@H](O[C@@H]8OC[C@@H](O)[C@H](O)[C@H]8O)[C@H](O[C@@H]8[C@@H](O)[C@H](OS(=O)(=O)O)CO[C@H]8O)O[C@@H]7C)O[C@H](COS(=O)(=O)O)[C@H]6O)O[C@H](COS(=O)(=O)O)[C@@H](O)[C@@H]5OC)OC[C@@H](OS(=O)(=O)O)[C@@H]4O)O[C@@H]3C)O[C@H](COS(=O)(=O)O)[C@H]2O)O[C@H](COS(=O)(=O)O)[C@H]1O. The molecule has 0 saturated carbocycles. The molecule has 69 heteroatoms. The third-order valence-corrected chi connectivity index (χ3v) is 23.7. The fourth-order valence-electron chi connectivity index (χ4n) is 14.7. The predicted octanol–water partition coefficient (Wildman–Crippen LogP) is -17.9. The topological polar surface area (TPSA) is 940 Å². The van der Waals surface area contributed by atoms with Crippen molar-refractivity contribution in [3.63, 3.8) is 0 Å². The molecule has 127 heavy (non-hydrogen) atoms. The van der Waals surface area contributed by atoms with Crippen LogP contribution in [0.2, 0.25) is 0 Å². The van der Waals surface area contributed by atoms with E-state index in [4.69, 9.17) is 99.5 Å². The summed E-state index contributed by atoms with van der Waals surface area (Å²) in [7, 11) is -31.5. The molecule has 10 aliphatic heterocycles. The summed E-state index contributed by atoms with van der Waals surface area (Å²) in [5, 5.41) is 206. The molecule has 10 fully saturated rings. The van der Waals surface area contributed by atoms with E-state index < -0.39 is 398 Å². The van der Waals surface area contributed by atoms with E-state index in [9.17, 15) is 170 Å². The van der Waals surface area contributed by atoms with Crippen molar-refractivity contribution in [2.75, 3.05) is 67.1 Å². The first-order valence-electron chi connectivity index (χ1n) is 37.2. The summed E-state index contributed by atoms with van der Waals surface area (Å²) in [4.78, 5) is 0. The lowest BCUT2D eigenvalue weighted by atomic mass is 9.95. The fraction of sp³-hybridized carbons (Fsp3) is 1.00. The molecule has 10 rings (SSSR count). The largest absolute Gasteiger partial charge is 0.397 e. The van der Waals surface area contributed by atoms with Crippen LogP contribution >= 0.6 is 0 Å². The van der Waals surface area contributed by atoms with Gasteiger partial charge in [-0.3, -0.25) is 27.3 Å². The lowest BCUT2D eigenvalue weighted by molar-refractivity contribution is -0.413. The second kappa shape index (κ2) is 43.6. The van der Waals surface area contributed by atoms with Crippen molar-refractivity contribution in [3.05, 3.63) is 0 Å². The molecule has 744 valence electrons. The Morgan fingerprint density at radius 3 is 0.890 bits per heavy atom. The molecule has 0 radical (unpaired) electrons. The fourth-order valence-corrected chi connectivity index (χ4v) is 16.9. The van der Waals surface area contributed by atoms with Crippen LogP contribution < -0.4 is 0 Å². The Morgan fingerprint density at radius 2 is 0.520 bits per heavy atom. The Hall–Kier alpha value is -2.34. The molecule has 10 saturated heterocycles. The van der Waals surface area contributed by atoms with E-state index >= 15 is 0 Å². The standard InChI is InChI=1S/C58H98O63S6/c1-13-38(33(71)46(116-50-31(69)23(61)15(59)5-98-50)56(105-13)115-44-29(67)21(7-97-49(44)76)120-126(89,90)91)112-54-37(75)42(27(65)19(109-54)11-103-124(83,84)85)114-58-48(43(96-4)28(66)20(110-58)12-104-125(86,87)88)119-55-45(30(68)22(8-100-55)121-127(92,93)94)118-57-47(117-51-32(70)24(62)16(60)6-99-51)34(72)39(14(2)106-57)111-53-36(74)41(26(64)18(108-53)10-102-123(80,81)82)113-52-35(73)40(95-3)25(63)17(107-52)9-101-122(77,78)79/h13-76H,5-12H2,1-4H3,(H,77,78,79)(H,80,81,82)(H,83,84,85)(H,86,87,88)(H,89,90,91)(H,92,93,94)/t13-,14-,15-,16-,17-,18-,19-,20-,21-,22-,23+,24+,25-,26-,27-,28-,29+,30+,31-,32-,33+,34+,35-,36-,37-,38-,39-,40+,41+,42+,43+,44-,45-,46-,47-,48-,49-,50+,51+,52+,53+,54+,55+,56+,57+,58+/m1/s1. The van der Waals surface area contributed by atoms with Gasteiger partial charge in [0.05, 0.1) is 65.1 Å². The molecule has 0 spiro atoms. The Balaban J connectivity index is 0.987. The summed E-state index contributed by atoms with van der Waals surface area (Å²) in [6, 6.07) is 0. The van der Waals surface area contributed by atoms with Crippen LogP contribution in [-0.2, 0) is 187 Å². The zero-order valence-corrected chi connectivity index (χ0v) is 70.2. The summed E-state index contributed by atoms with van der Waals surface area (Å²) in [5.74, 6) is 0. The van der Waals surface area contributed by atoms with E-state index in [1.165, 1.54) is 0 Å². The highest BCUT2D eigenvalue weighted by atomic mass is 32.3. The lowest BCUT2D eigenvalue weighted by Crippen LogP contribution is -2.69. The number of aliphatic hydroxyl groups is 18. The van der Waals surface area contributed by atoms with E-state index in [0.29, 0.717) is 0 Å². The molecule has 0 aliphatic carbocycles. The summed E-state index contributed by atoms with van der Waals surface area (Å²) in [5.41, 5.74) is 0. The maximum absolute atomic E-state index is 12.7. The minimum Gasteiger partial charge on any atom is -0.388 e. The van der Waals surface area contributed by atoms with Crippen molar-refractivity contribution < 1.29 is 294 Å². The minimum atomic E-state index is -5.76. The van der Waals surface area contributed by atoms with Crippen LogP contribution in [-0.4, -0.2) is 519 Å². The molecule has 46 atom stereocenters. The number of ether oxygens (including phenoxy) is 21. The van der Waals surface area contributed by atoms with Gasteiger partial charge in [-0.1, -0.05) is 0 Å². The summed E-state index contributed by atoms with van der Waals surface area (Å²) < 4.78 is 350. The van der Waals surface area contributed by atoms with Crippen LogP contribution in [0.25, 0.3) is 0 Å². The van der Waals surface area contributed by atoms with Gasteiger partial charge in [0.1, 0.15) is 208 Å². The van der Waals surface area contributed by atoms with Crippen LogP contribution in [0.15, 0.2) is 0 Å². The average Bonchev–Trinajstić information content (AvgIpc) is 0.764. The van der Waals surface area contributed by atoms with Crippen molar-refractivity contribution in [1.29, 1.82) is 0 Å². The molecule has 0 aromatic heterocycles. The third-order valence-electron chi connectivity index (χ3n) is 21.0. The average molecular weight is 2000 g/mol. The molecule has 0 aromatic rings. The molecule has 24 N–H and O–H groups in total. The highest BCUT2D eigenvalue weighted by Gasteiger charge is 2.62. The maximum Gasteiger partial charge on any atom is 0.397 e. The van der Waals surface area contributed by atoms with E-state index in [2.05, 4.69) is 25.1 Å². The third kappa shape index (κ3) is 27.1. The number of hydrogen-bond donors (Lipinski definition) is 24. The number of hydrogen-bond acceptors (Lipinski definition) is 57. The van der Waals surface area contributed by atoms with Crippen molar-refractivity contribution in [2.24, 2.45) is 0 Å². The first-order valence-corrected chi connectivity index (χ1v) is 45.4. The quantitative estimate of drug-likeness (QED) is 0.0259. The minimum absolute atomic E-state index is 0.762. The van der Waals surface area contributed by atoms with Crippen LogP contribution in [0.3, 0.4) is 0 Å². The second-order valence-corrected chi connectivity index (χ2v) is 36.2. The zero-order chi connectivity index (χ0) is 94.3. The van der Waals surface area contributed by atoms with Crippen LogP contribution in [0.1, 0.15) is 13.8 Å². The van der Waals surface area contributed by atoms with E-state index in [1.807, 2.05) is 0 Å². The van der Waals surface area contributed by atoms with Gasteiger partial charge in [-0.05, 0) is 13.8 Å². The Bertz CT molecular complexity index is 4230. The summed E-state index contributed by atoms with van der Waals surface area (Å²) in [6.45, 7) is -7.74. The molecule has 10 heterocycles. The van der Waals surface area contributed by atoms with Crippen molar-refractivity contribution >= 4 is 62.4 Å². The van der Waals surface area contributed by atoms with Gasteiger partial charge in [0.2, 0.25) is 0 Å². The maximum atomic E-state index is 12.7. The molecular formula is C58H98O63S6. The lowest BCUT2D eigenvalue weighted by Gasteiger charge is -2.51. The van der Waals surface area contributed by atoms with Crippen molar-refractivity contribution in [1.82, 2.24) is 0 Å². The molecule has 0 aromatic carbocycles. The van der Waals surface area contributed by atoms with Crippen molar-refractivity contribution in [2.45, 2.75) is 296 Å². The second-order valence-electron chi connectivity index (χ2n) is 29.7. The van der Waals surface area contributed by atoms with Crippen LogP contribution in [0.4, 0.5) is 0 Å². The van der Waals surface area contributed by atoms with Gasteiger partial charge in [0, 0.05) is 14.2 Å². The molecular weight excluding hydrogens is 1900 g/mol. The van der Waals surface area contributed by atoms with Crippen LogP contribution in [0.5, 0.6) is 0 Å². The normalized spacial score (nSPS) is 46.9. The van der Waals surface area contributed by atoms with Gasteiger partial charge in [-0.2, -0.15) is 50.5 Å². The highest BCUT2D eigenvalue weighted by molar-refractivity contribution is 7.82. The first-order chi connectivity index (χ1) is 58.9. The molecule has 0 unspecified atom stereocenters. The van der Waals surface area contributed by atoms with E-state index in [0.717, 1.165) is 28.1 Å². The van der Waals surface area contributed by atoms with Gasteiger partial charge in [0.25, 0.3) is 0 Å². The van der Waals surface area contributed by atoms with E-state index in [1.54, 1.807) is 0 Å². The van der Waals surface area contributed by atoms with Crippen molar-refractivity contribution in [3.8, 4) is 0 Å². The zero-order valence-electron chi connectivity index (χ0n) is 65.3. The van der Waals surface area contributed by atoms with Gasteiger partial charge >= 0.3 is 62.4 Å². The molecule has 0 bridgehead atoms. The van der Waals surface area contributed by atoms with Crippen LogP contribution in [0, 0.1) is 0 Å². The number of methoxy groups -OCH3 is 2. The number of rotatable bonds is 36. The Kier molecular flexibility index (Phi) is 36.6. The van der Waals surface area contributed by atoms with Gasteiger partial charge < -0.3 is 191 Å². The van der Waals surface area contributed by atoms with Gasteiger partial charge in [-0.15, -0.1) is 0 Å². The van der Waals surface area contributed by atoms with Gasteiger partial charge in [-0.25, -0.2) is 25.1 Å². The molecule has 10 aliphatic rings. The smallest absolute Gasteiger partial charge is 0.388 e. The predicted molar refractivity (Wildman–Crippen MR) is 375 cm³/mol. The first kappa shape index (κ1) is 107. The van der Waals surface area contributed by atoms with E-state index in [-0.39, 0.29) is 0 Å². The Morgan fingerprint density at radius 1 is 0.244 bits per heavy atom. The summed E-state index contributed by atoms with van der Waals surface area (Å²) in [6.07, 6.45) is -107. The monoisotopic (exact) mass is 1990 g/mol. The Labute approximate surface area is 717 Å². The van der Waals surface area contributed by atoms with Gasteiger partial charge in [0.15, 0.2) is 62.9 Å². The highest BCUT2D eigenvalue weighted by Crippen LogP contribution is 2.42. The number of aliphatic hydroxyl groups excluding tert-OH is 18.